The first-order chi connectivity index (χ1) is 15.6. The van der Waals surface area contributed by atoms with Gasteiger partial charge in [0.05, 0.1) is 19.1 Å². The lowest BCUT2D eigenvalue weighted by Crippen LogP contribution is -2.30. The number of nitrogens with one attached hydrogen (secondary N) is 3. The molecule has 10 heteroatoms. The minimum atomic E-state index is -3.81. The Morgan fingerprint density at radius 3 is 2.36 bits per heavy atom. The van der Waals surface area contributed by atoms with Crippen LogP contribution in [0, 0.1) is 5.92 Å². The monoisotopic (exact) mass is 477 g/mol. The van der Waals surface area contributed by atoms with E-state index in [-0.39, 0.29) is 42.1 Å². The predicted octanol–water partition coefficient (Wildman–Crippen LogP) is 2.67. The number of rotatable bonds is 12. The van der Waals surface area contributed by atoms with E-state index in [4.69, 9.17) is 9.47 Å². The highest BCUT2D eigenvalue weighted by Crippen LogP contribution is 2.29. The first-order valence-electron chi connectivity index (χ1n) is 10.5. The summed E-state index contributed by atoms with van der Waals surface area (Å²) in [6.07, 6.45) is 0.400. The van der Waals surface area contributed by atoms with Crippen LogP contribution in [0.5, 0.6) is 11.5 Å². The molecule has 0 bridgehead atoms. The van der Waals surface area contributed by atoms with Crippen molar-refractivity contribution in [2.45, 2.75) is 38.1 Å². The van der Waals surface area contributed by atoms with E-state index in [1.54, 1.807) is 18.2 Å². The lowest BCUT2D eigenvalue weighted by Gasteiger charge is -2.11. The van der Waals surface area contributed by atoms with Crippen molar-refractivity contribution in [2.24, 2.45) is 5.92 Å². The Morgan fingerprint density at radius 2 is 1.70 bits per heavy atom. The summed E-state index contributed by atoms with van der Waals surface area (Å²) in [5.74, 6) is 0.601. The van der Waals surface area contributed by atoms with Gasteiger partial charge in [-0.05, 0) is 35.7 Å². The SMILES string of the molecule is COc1ccc(S(=O)(=O)NCCC(=O)NCc2cccc(NC(=O)CC(C)C)c2)cc1OC. The van der Waals surface area contributed by atoms with E-state index >= 15 is 0 Å². The summed E-state index contributed by atoms with van der Waals surface area (Å²) in [7, 11) is -0.934. The molecule has 2 aromatic carbocycles. The van der Waals surface area contributed by atoms with Gasteiger partial charge < -0.3 is 20.1 Å². The molecule has 0 aliphatic carbocycles. The number of hydrogen-bond acceptors (Lipinski definition) is 6. The Kier molecular flexibility index (Phi) is 9.68. The summed E-state index contributed by atoms with van der Waals surface area (Å²) < 4.78 is 37.6. The molecule has 9 nitrogen and oxygen atoms in total. The first-order valence-corrected chi connectivity index (χ1v) is 12.0. The highest BCUT2D eigenvalue weighted by molar-refractivity contribution is 7.89. The van der Waals surface area contributed by atoms with Crippen LogP contribution in [-0.2, 0) is 26.2 Å². The molecule has 0 radical (unpaired) electrons. The van der Waals surface area contributed by atoms with Gasteiger partial charge in [0.1, 0.15) is 0 Å². The lowest BCUT2D eigenvalue weighted by atomic mass is 10.1. The summed E-state index contributed by atoms with van der Waals surface area (Å²) in [6, 6.07) is 11.5. The van der Waals surface area contributed by atoms with Crippen molar-refractivity contribution >= 4 is 27.5 Å². The normalized spacial score (nSPS) is 11.2. The largest absolute Gasteiger partial charge is 0.493 e. The van der Waals surface area contributed by atoms with Crippen molar-refractivity contribution in [1.82, 2.24) is 10.0 Å². The Morgan fingerprint density at radius 1 is 0.970 bits per heavy atom. The average Bonchev–Trinajstić information content (AvgIpc) is 2.76. The highest BCUT2D eigenvalue weighted by atomic mass is 32.2. The zero-order chi connectivity index (χ0) is 24.4. The number of carbonyl (C=O) groups is 2. The Labute approximate surface area is 194 Å². The van der Waals surface area contributed by atoms with E-state index in [0.717, 1.165) is 5.56 Å². The predicted molar refractivity (Wildman–Crippen MR) is 126 cm³/mol. The summed E-state index contributed by atoms with van der Waals surface area (Å²) in [6.45, 7) is 4.14. The zero-order valence-electron chi connectivity index (χ0n) is 19.3. The van der Waals surface area contributed by atoms with E-state index in [0.29, 0.717) is 23.6 Å². The van der Waals surface area contributed by atoms with Crippen molar-refractivity contribution in [1.29, 1.82) is 0 Å². The third-order valence-corrected chi connectivity index (χ3v) is 6.06. The Bertz CT molecular complexity index is 1070. The third kappa shape index (κ3) is 8.39. The van der Waals surface area contributed by atoms with Crippen LogP contribution in [0.2, 0.25) is 0 Å². The van der Waals surface area contributed by atoms with Gasteiger partial charge in [0, 0.05) is 37.7 Å². The topological polar surface area (TPSA) is 123 Å². The molecule has 33 heavy (non-hydrogen) atoms. The van der Waals surface area contributed by atoms with Crippen molar-refractivity contribution in [3.63, 3.8) is 0 Å². The first kappa shape index (κ1) is 26.1. The molecule has 0 unspecified atom stereocenters. The standard InChI is InChI=1S/C23H31N3O6S/c1-16(2)12-23(28)26-18-7-5-6-17(13-18)15-24-22(27)10-11-25-33(29,30)19-8-9-20(31-3)21(14-19)32-4/h5-9,13-14,16,25H,10-12,15H2,1-4H3,(H,24,27)(H,26,28). The summed E-state index contributed by atoms with van der Waals surface area (Å²) >= 11 is 0. The van der Waals surface area contributed by atoms with Gasteiger partial charge in [-0.2, -0.15) is 0 Å². The second kappa shape index (κ2) is 12.2. The molecule has 0 saturated heterocycles. The van der Waals surface area contributed by atoms with Gasteiger partial charge in [-0.25, -0.2) is 13.1 Å². The van der Waals surface area contributed by atoms with Crippen LogP contribution in [0.4, 0.5) is 5.69 Å². The number of sulfonamides is 1. The molecular formula is C23H31N3O6S. The second-order valence-electron chi connectivity index (χ2n) is 7.79. The van der Waals surface area contributed by atoms with Crippen LogP contribution in [0.15, 0.2) is 47.4 Å². The number of amides is 2. The van der Waals surface area contributed by atoms with Crippen LogP contribution in [0.25, 0.3) is 0 Å². The number of benzene rings is 2. The molecule has 3 N–H and O–H groups in total. The van der Waals surface area contributed by atoms with Gasteiger partial charge >= 0.3 is 0 Å². The molecule has 2 amide bonds. The van der Waals surface area contributed by atoms with E-state index in [1.165, 1.54) is 32.4 Å². The van der Waals surface area contributed by atoms with Gasteiger partial charge in [-0.1, -0.05) is 26.0 Å². The van der Waals surface area contributed by atoms with Crippen molar-refractivity contribution < 1.29 is 27.5 Å². The van der Waals surface area contributed by atoms with Gasteiger partial charge in [0.25, 0.3) is 0 Å². The smallest absolute Gasteiger partial charge is 0.240 e. The molecule has 2 aromatic rings. The summed E-state index contributed by atoms with van der Waals surface area (Å²) in [4.78, 5) is 24.1. The number of carbonyl (C=O) groups excluding carboxylic acids is 2. The molecule has 0 aliphatic rings. The molecular weight excluding hydrogens is 446 g/mol. The maximum absolute atomic E-state index is 12.5. The van der Waals surface area contributed by atoms with Crippen LogP contribution in [-0.4, -0.2) is 41.0 Å². The van der Waals surface area contributed by atoms with Crippen molar-refractivity contribution in [2.75, 3.05) is 26.1 Å². The highest BCUT2D eigenvalue weighted by Gasteiger charge is 2.17. The van der Waals surface area contributed by atoms with E-state index < -0.39 is 10.0 Å². The van der Waals surface area contributed by atoms with Gasteiger partial charge in [-0.3, -0.25) is 9.59 Å². The Hall–Kier alpha value is -3.11. The molecule has 0 saturated carbocycles. The van der Waals surface area contributed by atoms with E-state index in [1.807, 2.05) is 19.9 Å². The molecule has 180 valence electrons. The van der Waals surface area contributed by atoms with Gasteiger partial charge in [0.15, 0.2) is 11.5 Å². The Balaban J connectivity index is 1.84. The maximum atomic E-state index is 12.5. The quantitative estimate of drug-likeness (QED) is 0.432. The molecule has 2 rings (SSSR count). The minimum absolute atomic E-state index is 0.0110. The fraction of sp³-hybridized carbons (Fsp3) is 0.391. The van der Waals surface area contributed by atoms with Crippen LogP contribution >= 0.6 is 0 Å². The fourth-order valence-corrected chi connectivity index (χ4v) is 4.04. The molecule has 0 heterocycles. The maximum Gasteiger partial charge on any atom is 0.240 e. The van der Waals surface area contributed by atoms with Crippen LogP contribution < -0.4 is 24.8 Å². The average molecular weight is 478 g/mol. The number of hydrogen-bond donors (Lipinski definition) is 3. The molecule has 0 fully saturated rings. The van der Waals surface area contributed by atoms with Gasteiger partial charge in [-0.15, -0.1) is 0 Å². The van der Waals surface area contributed by atoms with Crippen molar-refractivity contribution in [3.8, 4) is 11.5 Å². The van der Waals surface area contributed by atoms with E-state index in [9.17, 15) is 18.0 Å². The molecule has 0 aliphatic heterocycles. The lowest BCUT2D eigenvalue weighted by molar-refractivity contribution is -0.121. The number of anilines is 1. The molecule has 0 spiro atoms. The number of methoxy groups -OCH3 is 2. The van der Waals surface area contributed by atoms with Crippen LogP contribution in [0.1, 0.15) is 32.3 Å². The summed E-state index contributed by atoms with van der Waals surface area (Å²) in [5, 5.41) is 5.59. The second-order valence-corrected chi connectivity index (χ2v) is 9.55. The summed E-state index contributed by atoms with van der Waals surface area (Å²) in [5.41, 5.74) is 1.48. The minimum Gasteiger partial charge on any atom is -0.493 e. The van der Waals surface area contributed by atoms with Crippen molar-refractivity contribution in [3.05, 3.63) is 48.0 Å². The van der Waals surface area contributed by atoms with Crippen LogP contribution in [0.3, 0.4) is 0 Å². The third-order valence-electron chi connectivity index (χ3n) is 4.60. The van der Waals surface area contributed by atoms with E-state index in [2.05, 4.69) is 15.4 Å². The van der Waals surface area contributed by atoms with Gasteiger partial charge in [0.2, 0.25) is 21.8 Å². The molecule has 0 aromatic heterocycles. The zero-order valence-corrected chi connectivity index (χ0v) is 20.1. The molecule has 0 atom stereocenters. The fourth-order valence-electron chi connectivity index (χ4n) is 3.00. The number of ether oxygens (including phenoxy) is 2.